The molecule has 0 aliphatic carbocycles. The average Bonchev–Trinajstić information content (AvgIpc) is 2.56. The first-order chi connectivity index (χ1) is 11.9. The second-order valence-electron chi connectivity index (χ2n) is 6.92. The van der Waals surface area contributed by atoms with Gasteiger partial charge in [0.2, 0.25) is 0 Å². The Labute approximate surface area is 150 Å². The van der Waals surface area contributed by atoms with E-state index in [-0.39, 0.29) is 5.97 Å². The highest BCUT2D eigenvalue weighted by molar-refractivity contribution is 5.68. The largest absolute Gasteiger partial charge is 0.355 e. The van der Waals surface area contributed by atoms with E-state index in [4.69, 9.17) is 9.78 Å². The normalized spacial score (nSPS) is 10.8. The van der Waals surface area contributed by atoms with Crippen LogP contribution in [-0.2, 0) is 16.1 Å². The molecule has 0 aliphatic rings. The fourth-order valence-corrected chi connectivity index (χ4v) is 2.82. The highest BCUT2D eigenvalue weighted by Crippen LogP contribution is 2.28. The van der Waals surface area contributed by atoms with Crippen molar-refractivity contribution in [3.63, 3.8) is 0 Å². The first kappa shape index (κ1) is 19.0. The van der Waals surface area contributed by atoms with Gasteiger partial charge in [0.1, 0.15) is 0 Å². The Morgan fingerprint density at radius 2 is 1.76 bits per heavy atom. The predicted molar refractivity (Wildman–Crippen MR) is 101 cm³/mol. The summed E-state index contributed by atoms with van der Waals surface area (Å²) >= 11 is 0. The summed E-state index contributed by atoms with van der Waals surface area (Å²) in [7, 11) is 0. The molecule has 0 N–H and O–H groups in total. The molecule has 3 nitrogen and oxygen atoms in total. The third-order valence-corrected chi connectivity index (χ3v) is 4.28. The molecular formula is C22H28O3. The van der Waals surface area contributed by atoms with E-state index in [9.17, 15) is 4.79 Å². The van der Waals surface area contributed by atoms with Crippen molar-refractivity contribution in [1.29, 1.82) is 0 Å². The van der Waals surface area contributed by atoms with Crippen LogP contribution >= 0.6 is 0 Å². The van der Waals surface area contributed by atoms with Crippen LogP contribution in [0, 0.1) is 13.8 Å². The lowest BCUT2D eigenvalue weighted by Gasteiger charge is -2.14. The summed E-state index contributed by atoms with van der Waals surface area (Å²) in [6.45, 7) is 10.4. The Bertz CT molecular complexity index is 715. The molecule has 0 saturated carbocycles. The zero-order chi connectivity index (χ0) is 18.4. The van der Waals surface area contributed by atoms with Crippen LogP contribution in [0.1, 0.15) is 67.3 Å². The van der Waals surface area contributed by atoms with Crippen LogP contribution in [0.25, 0.3) is 0 Å². The molecule has 0 unspecified atom stereocenters. The average molecular weight is 340 g/mol. The molecule has 0 radical (unpaired) electrons. The zero-order valence-electron chi connectivity index (χ0n) is 15.9. The molecule has 0 aromatic heterocycles. The topological polar surface area (TPSA) is 35.5 Å². The monoisotopic (exact) mass is 340 g/mol. The third-order valence-electron chi connectivity index (χ3n) is 4.28. The van der Waals surface area contributed by atoms with E-state index in [0.29, 0.717) is 18.1 Å². The summed E-state index contributed by atoms with van der Waals surface area (Å²) in [6, 6.07) is 12.7. The molecule has 0 fully saturated rings. The number of carbonyl (C=O) groups excluding carboxylic acids is 1. The molecule has 25 heavy (non-hydrogen) atoms. The van der Waals surface area contributed by atoms with Gasteiger partial charge in [0, 0.05) is 18.4 Å². The summed E-state index contributed by atoms with van der Waals surface area (Å²) in [5, 5.41) is 0. The lowest BCUT2D eigenvalue weighted by Crippen LogP contribution is -2.09. The van der Waals surface area contributed by atoms with Gasteiger partial charge in [-0.1, -0.05) is 51.1 Å². The van der Waals surface area contributed by atoms with Gasteiger partial charge < -0.3 is 0 Å². The molecule has 2 aromatic carbocycles. The first-order valence-corrected chi connectivity index (χ1v) is 8.97. The zero-order valence-corrected chi connectivity index (χ0v) is 15.9. The maximum absolute atomic E-state index is 11.6. The highest BCUT2D eigenvalue weighted by Gasteiger charge is 2.13. The van der Waals surface area contributed by atoms with Crippen LogP contribution in [0.3, 0.4) is 0 Å². The summed E-state index contributed by atoms with van der Waals surface area (Å²) in [5.74, 6) is 0.802. The minimum atomic E-state index is -0.339. The van der Waals surface area contributed by atoms with E-state index in [1.807, 2.05) is 19.9 Å². The summed E-state index contributed by atoms with van der Waals surface area (Å²) in [5.41, 5.74) is 5.80. The summed E-state index contributed by atoms with van der Waals surface area (Å²) < 4.78 is 0. The van der Waals surface area contributed by atoms with E-state index in [2.05, 4.69) is 51.1 Å². The Morgan fingerprint density at radius 1 is 1.08 bits per heavy atom. The molecule has 2 aromatic rings. The Morgan fingerprint density at radius 3 is 2.36 bits per heavy atom. The van der Waals surface area contributed by atoms with E-state index in [1.165, 1.54) is 11.1 Å². The number of carbonyl (C=O) groups is 1. The van der Waals surface area contributed by atoms with Crippen LogP contribution in [0.5, 0.6) is 5.75 Å². The lowest BCUT2D eigenvalue weighted by atomic mass is 9.95. The van der Waals surface area contributed by atoms with Crippen molar-refractivity contribution in [2.45, 2.75) is 59.8 Å². The first-order valence-electron chi connectivity index (χ1n) is 8.97. The van der Waals surface area contributed by atoms with Crippen LogP contribution in [0.15, 0.2) is 36.4 Å². The molecule has 0 aliphatic heterocycles. The molecule has 0 heterocycles. The number of rotatable bonds is 7. The van der Waals surface area contributed by atoms with Crippen molar-refractivity contribution in [2.24, 2.45) is 0 Å². The summed E-state index contributed by atoms with van der Waals surface area (Å²) in [6.07, 6.45) is 1.84. The Kier molecular flexibility index (Phi) is 6.63. The maximum Gasteiger partial charge on any atom is 0.355 e. The van der Waals surface area contributed by atoms with Crippen molar-refractivity contribution in [3.05, 3.63) is 64.2 Å². The highest BCUT2D eigenvalue weighted by atomic mass is 17.2. The lowest BCUT2D eigenvalue weighted by molar-refractivity contribution is -0.214. The van der Waals surface area contributed by atoms with Gasteiger partial charge >= 0.3 is 5.97 Å². The molecule has 0 atom stereocenters. The van der Waals surface area contributed by atoms with Crippen LogP contribution in [-0.4, -0.2) is 5.97 Å². The van der Waals surface area contributed by atoms with Crippen molar-refractivity contribution < 1.29 is 14.6 Å². The van der Waals surface area contributed by atoms with Crippen LogP contribution in [0.2, 0.25) is 0 Å². The minimum Gasteiger partial charge on any atom is -0.287 e. The molecule has 2 rings (SSSR count). The van der Waals surface area contributed by atoms with Crippen molar-refractivity contribution >= 4 is 5.97 Å². The maximum atomic E-state index is 11.6. The van der Waals surface area contributed by atoms with Gasteiger partial charge in [-0.05, 0) is 54.5 Å². The number of benzene rings is 2. The van der Waals surface area contributed by atoms with Gasteiger partial charge in [0.05, 0.1) is 0 Å². The minimum absolute atomic E-state index is 0.339. The molecule has 0 spiro atoms. The Balaban J connectivity index is 2.22. The van der Waals surface area contributed by atoms with Crippen molar-refractivity contribution in [2.75, 3.05) is 0 Å². The van der Waals surface area contributed by atoms with Gasteiger partial charge in [-0.2, -0.15) is 0 Å². The van der Waals surface area contributed by atoms with E-state index < -0.39 is 0 Å². The summed E-state index contributed by atoms with van der Waals surface area (Å²) in [4.78, 5) is 22.0. The molecule has 0 bridgehead atoms. The van der Waals surface area contributed by atoms with E-state index >= 15 is 0 Å². The predicted octanol–water partition coefficient (Wildman–Crippen LogP) is 5.65. The van der Waals surface area contributed by atoms with E-state index in [0.717, 1.165) is 29.5 Å². The van der Waals surface area contributed by atoms with Gasteiger partial charge in [-0.15, -0.1) is 0 Å². The van der Waals surface area contributed by atoms with Crippen LogP contribution < -0.4 is 4.89 Å². The quantitative estimate of drug-likeness (QED) is 0.482. The number of hydrogen-bond donors (Lipinski definition) is 0. The molecule has 0 saturated heterocycles. The molecular weight excluding hydrogens is 312 g/mol. The molecule has 3 heteroatoms. The molecule has 134 valence electrons. The smallest absolute Gasteiger partial charge is 0.287 e. The third kappa shape index (κ3) is 5.35. The Hall–Kier alpha value is -2.29. The van der Waals surface area contributed by atoms with Crippen LogP contribution in [0.4, 0.5) is 0 Å². The number of aryl methyl sites for hydroxylation is 2. The van der Waals surface area contributed by atoms with Crippen molar-refractivity contribution in [3.8, 4) is 5.75 Å². The van der Waals surface area contributed by atoms with Gasteiger partial charge in [-0.3, -0.25) is 9.78 Å². The van der Waals surface area contributed by atoms with Crippen molar-refractivity contribution in [1.82, 2.24) is 0 Å². The molecule has 0 amide bonds. The fraction of sp³-hybridized carbons (Fsp3) is 0.409. The van der Waals surface area contributed by atoms with Gasteiger partial charge in [0.15, 0.2) is 5.75 Å². The van der Waals surface area contributed by atoms with Gasteiger partial charge in [0.25, 0.3) is 0 Å². The van der Waals surface area contributed by atoms with Gasteiger partial charge in [-0.25, -0.2) is 4.79 Å². The fourth-order valence-electron chi connectivity index (χ4n) is 2.82. The SMILES string of the molecule is CCCC(=O)OOc1cc(C)cc(C)c1Cc1ccc(C(C)C)cc1. The van der Waals surface area contributed by atoms with E-state index in [1.54, 1.807) is 0 Å². The second kappa shape index (κ2) is 8.70. The standard InChI is InChI=1S/C22H28O3/c1-6-7-22(23)25-24-21-13-16(4)12-17(5)20(21)14-18-8-10-19(11-9-18)15(2)3/h8-13,15H,6-7,14H2,1-5H3. The second-order valence-corrected chi connectivity index (χ2v) is 6.92. The number of hydrogen-bond acceptors (Lipinski definition) is 3.